The normalized spacial score (nSPS) is 11.7. The van der Waals surface area contributed by atoms with Crippen molar-refractivity contribution in [3.05, 3.63) is 28.0 Å². The molecule has 0 saturated heterocycles. The highest BCUT2D eigenvalue weighted by molar-refractivity contribution is 7.17. The van der Waals surface area contributed by atoms with Gasteiger partial charge in [0.05, 0.1) is 11.4 Å². The van der Waals surface area contributed by atoms with Crippen molar-refractivity contribution in [1.29, 1.82) is 5.26 Å². The second kappa shape index (κ2) is 4.03. The van der Waals surface area contributed by atoms with E-state index in [0.29, 0.717) is 11.4 Å². The minimum atomic E-state index is -1.23. The Morgan fingerprint density at radius 2 is 2.35 bits per heavy atom. The number of aromatic nitrogens is 2. The van der Waals surface area contributed by atoms with Crippen LogP contribution in [0.3, 0.4) is 0 Å². The molecule has 2 aromatic heterocycles. The van der Waals surface area contributed by atoms with Gasteiger partial charge in [0, 0.05) is 11.1 Å². The Bertz CT molecular complexity index is 673. The summed E-state index contributed by atoms with van der Waals surface area (Å²) in [5, 5.41) is 17.6. The van der Waals surface area contributed by atoms with E-state index in [-0.39, 0.29) is 5.57 Å². The van der Waals surface area contributed by atoms with E-state index >= 15 is 0 Å². The molecular weight excluding hydrogens is 238 g/mol. The number of imidazole rings is 1. The zero-order chi connectivity index (χ0) is 12.6. The van der Waals surface area contributed by atoms with Gasteiger partial charge in [0.2, 0.25) is 0 Å². The fraction of sp³-hybridized carbons (Fsp3) is 0.182. The van der Waals surface area contributed by atoms with Gasteiger partial charge in [0.25, 0.3) is 0 Å². The molecule has 2 aromatic rings. The summed E-state index contributed by atoms with van der Waals surface area (Å²) in [4.78, 5) is 17.0. The zero-order valence-corrected chi connectivity index (χ0v) is 10.1. The van der Waals surface area contributed by atoms with Crippen LogP contribution in [0.1, 0.15) is 16.3 Å². The van der Waals surface area contributed by atoms with Gasteiger partial charge >= 0.3 is 5.97 Å². The van der Waals surface area contributed by atoms with Crippen LogP contribution in [0.2, 0.25) is 0 Å². The van der Waals surface area contributed by atoms with Gasteiger partial charge in [0.1, 0.15) is 11.6 Å². The third kappa shape index (κ3) is 1.92. The van der Waals surface area contributed by atoms with E-state index in [1.165, 1.54) is 17.4 Å². The van der Waals surface area contributed by atoms with Crippen molar-refractivity contribution in [2.24, 2.45) is 0 Å². The molecule has 0 atom stereocenters. The molecule has 0 unspecified atom stereocenters. The first-order valence-corrected chi connectivity index (χ1v) is 5.64. The molecular formula is C11H9N3O2S. The molecule has 1 N–H and O–H groups in total. The summed E-state index contributed by atoms with van der Waals surface area (Å²) in [5.41, 5.74) is 1.06. The van der Waals surface area contributed by atoms with Crippen molar-refractivity contribution in [3.63, 3.8) is 0 Å². The van der Waals surface area contributed by atoms with Crippen LogP contribution in [-0.4, -0.2) is 20.5 Å². The van der Waals surface area contributed by atoms with Crippen LogP contribution >= 0.6 is 11.3 Å². The maximum atomic E-state index is 10.8. The summed E-state index contributed by atoms with van der Waals surface area (Å²) >= 11 is 1.52. The molecule has 2 rings (SSSR count). The molecule has 0 aromatic carbocycles. The van der Waals surface area contributed by atoms with Crippen LogP contribution in [0.25, 0.3) is 11.0 Å². The molecule has 0 aliphatic heterocycles. The van der Waals surface area contributed by atoms with Crippen molar-refractivity contribution < 1.29 is 9.90 Å². The third-order valence-corrected chi connectivity index (χ3v) is 3.19. The maximum Gasteiger partial charge on any atom is 0.346 e. The number of aliphatic carboxylic acids is 1. The summed E-state index contributed by atoms with van der Waals surface area (Å²) < 4.78 is 1.80. The Morgan fingerprint density at radius 3 is 2.94 bits per heavy atom. The van der Waals surface area contributed by atoms with Crippen LogP contribution in [0.4, 0.5) is 0 Å². The predicted octanol–water partition coefficient (Wildman–Crippen LogP) is 2.00. The number of fused-ring (bicyclic) bond motifs is 1. The molecule has 0 saturated carbocycles. The van der Waals surface area contributed by atoms with Crippen molar-refractivity contribution in [2.45, 2.75) is 13.8 Å². The molecule has 0 fully saturated rings. The fourth-order valence-electron chi connectivity index (χ4n) is 1.53. The zero-order valence-electron chi connectivity index (χ0n) is 9.26. The standard InChI is InChI=1S/C11H9N3O2S/c1-6-5-14-9(3-8(4-12)10(15)16)7(2)13-11(14)17-6/h3,5H,1-2H3,(H,15,16)/b8-3+. The molecule has 0 aliphatic rings. The van der Waals surface area contributed by atoms with E-state index in [1.54, 1.807) is 17.4 Å². The second-order valence-corrected chi connectivity index (χ2v) is 4.77. The fourth-order valence-corrected chi connectivity index (χ4v) is 2.41. The largest absolute Gasteiger partial charge is 0.477 e. The summed E-state index contributed by atoms with van der Waals surface area (Å²) in [5.74, 6) is -1.23. The number of carboxylic acids is 1. The van der Waals surface area contributed by atoms with E-state index in [4.69, 9.17) is 10.4 Å². The molecule has 2 heterocycles. The summed E-state index contributed by atoms with van der Waals surface area (Å²) in [6.07, 6.45) is 3.23. The highest BCUT2D eigenvalue weighted by Crippen LogP contribution is 2.22. The van der Waals surface area contributed by atoms with Crippen LogP contribution in [0, 0.1) is 25.2 Å². The number of carboxylic acid groups (broad SMARTS) is 1. The molecule has 17 heavy (non-hydrogen) atoms. The Kier molecular flexibility index (Phi) is 2.69. The van der Waals surface area contributed by atoms with Gasteiger partial charge in [-0.25, -0.2) is 9.78 Å². The molecule has 0 amide bonds. The number of carbonyl (C=O) groups is 1. The van der Waals surface area contributed by atoms with E-state index in [0.717, 1.165) is 9.84 Å². The summed E-state index contributed by atoms with van der Waals surface area (Å²) in [6, 6.07) is 1.66. The van der Waals surface area contributed by atoms with Gasteiger partial charge in [0.15, 0.2) is 4.96 Å². The number of nitriles is 1. The number of hydrogen-bond acceptors (Lipinski definition) is 4. The molecule has 6 heteroatoms. The topological polar surface area (TPSA) is 78.4 Å². The lowest BCUT2D eigenvalue weighted by Gasteiger charge is -1.94. The molecule has 0 radical (unpaired) electrons. The number of hydrogen-bond donors (Lipinski definition) is 1. The van der Waals surface area contributed by atoms with Crippen LogP contribution < -0.4 is 0 Å². The van der Waals surface area contributed by atoms with Gasteiger partial charge in [-0.05, 0) is 19.9 Å². The average Bonchev–Trinajstić information content (AvgIpc) is 2.71. The molecule has 0 aliphatic carbocycles. The Balaban J connectivity index is 2.66. The lowest BCUT2D eigenvalue weighted by molar-refractivity contribution is -0.132. The molecule has 0 bridgehead atoms. The number of rotatable bonds is 2. The van der Waals surface area contributed by atoms with Gasteiger partial charge in [-0.15, -0.1) is 11.3 Å². The maximum absolute atomic E-state index is 10.8. The van der Waals surface area contributed by atoms with Crippen LogP contribution in [-0.2, 0) is 4.79 Å². The SMILES string of the molecule is Cc1cn2c(/C=C(\C#N)C(=O)O)c(C)nc2s1. The average molecular weight is 247 g/mol. The van der Waals surface area contributed by atoms with Gasteiger partial charge < -0.3 is 5.11 Å². The van der Waals surface area contributed by atoms with E-state index in [9.17, 15) is 4.79 Å². The quantitative estimate of drug-likeness (QED) is 0.650. The molecule has 86 valence electrons. The third-order valence-electron chi connectivity index (χ3n) is 2.29. The van der Waals surface area contributed by atoms with Crippen molar-refractivity contribution >= 4 is 28.3 Å². The van der Waals surface area contributed by atoms with Crippen molar-refractivity contribution in [3.8, 4) is 6.07 Å². The highest BCUT2D eigenvalue weighted by atomic mass is 32.1. The first-order chi connectivity index (χ1) is 8.02. The summed E-state index contributed by atoms with van der Waals surface area (Å²) in [6.45, 7) is 3.74. The molecule has 5 nitrogen and oxygen atoms in total. The van der Waals surface area contributed by atoms with Crippen LogP contribution in [0.15, 0.2) is 11.8 Å². The van der Waals surface area contributed by atoms with Crippen LogP contribution in [0.5, 0.6) is 0 Å². The minimum absolute atomic E-state index is 0.293. The first-order valence-electron chi connectivity index (χ1n) is 4.83. The van der Waals surface area contributed by atoms with Gasteiger partial charge in [-0.1, -0.05) is 0 Å². The van der Waals surface area contributed by atoms with Gasteiger partial charge in [-0.3, -0.25) is 4.40 Å². The van der Waals surface area contributed by atoms with E-state index in [1.807, 2.05) is 13.1 Å². The minimum Gasteiger partial charge on any atom is -0.477 e. The highest BCUT2D eigenvalue weighted by Gasteiger charge is 2.12. The summed E-state index contributed by atoms with van der Waals surface area (Å²) in [7, 11) is 0. The predicted molar refractivity (Wildman–Crippen MR) is 63.8 cm³/mol. The van der Waals surface area contributed by atoms with Gasteiger partial charge in [-0.2, -0.15) is 5.26 Å². The number of nitrogens with zero attached hydrogens (tertiary/aromatic N) is 3. The lowest BCUT2D eigenvalue weighted by atomic mass is 10.2. The van der Waals surface area contributed by atoms with E-state index < -0.39 is 5.97 Å². The van der Waals surface area contributed by atoms with Crippen molar-refractivity contribution in [1.82, 2.24) is 9.38 Å². The smallest absolute Gasteiger partial charge is 0.346 e. The Labute approximate surface area is 101 Å². The Hall–Kier alpha value is -2.13. The first kappa shape index (κ1) is 11.4. The Morgan fingerprint density at radius 1 is 1.65 bits per heavy atom. The van der Waals surface area contributed by atoms with Crippen molar-refractivity contribution in [2.75, 3.05) is 0 Å². The number of thiazole rings is 1. The van der Waals surface area contributed by atoms with E-state index in [2.05, 4.69) is 4.98 Å². The number of aryl methyl sites for hydroxylation is 2. The monoisotopic (exact) mass is 247 g/mol. The second-order valence-electron chi connectivity index (χ2n) is 3.55. The molecule has 0 spiro atoms. The lowest BCUT2D eigenvalue weighted by Crippen LogP contribution is -1.98.